The monoisotopic (exact) mass is 481 g/mol. The zero-order valence-corrected chi connectivity index (χ0v) is 19.6. The molecule has 7 heteroatoms. The summed E-state index contributed by atoms with van der Waals surface area (Å²) in [5.74, 6) is 0.283. The molecule has 0 bridgehead atoms. The minimum absolute atomic E-state index is 0.0906. The molecular formula is C28H23N3O3S. The van der Waals surface area contributed by atoms with Crippen molar-refractivity contribution in [3.63, 3.8) is 0 Å². The molecular weight excluding hydrogens is 458 g/mol. The Hall–Kier alpha value is -4.10. The Labute approximate surface area is 207 Å². The number of hydrazone groups is 1. The van der Waals surface area contributed by atoms with Gasteiger partial charge >= 0.3 is 0 Å². The molecule has 1 heterocycles. The average molecular weight is 482 g/mol. The molecule has 4 aromatic carbocycles. The molecule has 35 heavy (non-hydrogen) atoms. The first-order valence-electron chi connectivity index (χ1n) is 11.2. The van der Waals surface area contributed by atoms with E-state index < -0.39 is 0 Å². The number of hydrogen-bond donors (Lipinski definition) is 2. The lowest BCUT2D eigenvalue weighted by Crippen LogP contribution is -2.27. The predicted molar refractivity (Wildman–Crippen MR) is 139 cm³/mol. The summed E-state index contributed by atoms with van der Waals surface area (Å²) >= 11 is 1.59. The maximum atomic E-state index is 12.6. The van der Waals surface area contributed by atoms with Crippen molar-refractivity contribution in [2.45, 2.75) is 11.9 Å². The number of aromatic hydroxyl groups is 1. The molecule has 0 aromatic heterocycles. The summed E-state index contributed by atoms with van der Waals surface area (Å²) in [6.45, 7) is 0.551. The second-order valence-corrected chi connectivity index (χ2v) is 9.28. The van der Waals surface area contributed by atoms with E-state index in [1.54, 1.807) is 30.0 Å². The van der Waals surface area contributed by atoms with Crippen molar-refractivity contribution in [3.05, 3.63) is 113 Å². The number of rotatable bonds is 6. The number of benzene rings is 4. The molecule has 0 spiro atoms. The third kappa shape index (κ3) is 4.90. The number of nitrogens with zero attached hydrogens (tertiary/aromatic N) is 2. The van der Waals surface area contributed by atoms with Crippen LogP contribution in [0, 0.1) is 0 Å². The summed E-state index contributed by atoms with van der Waals surface area (Å²) in [4.78, 5) is 27.0. The fourth-order valence-corrected chi connectivity index (χ4v) is 5.31. The number of amides is 2. The van der Waals surface area contributed by atoms with Crippen LogP contribution in [0.2, 0.25) is 0 Å². The second kappa shape index (κ2) is 10.0. The summed E-state index contributed by atoms with van der Waals surface area (Å²) in [6, 6.07) is 28.2. The lowest BCUT2D eigenvalue weighted by Gasteiger charge is -2.24. The summed E-state index contributed by atoms with van der Waals surface area (Å²) in [7, 11) is 0. The largest absolute Gasteiger partial charge is 0.507 e. The molecule has 2 amide bonds. The van der Waals surface area contributed by atoms with Crippen molar-refractivity contribution >= 4 is 40.6 Å². The van der Waals surface area contributed by atoms with Gasteiger partial charge in [0.1, 0.15) is 11.1 Å². The highest BCUT2D eigenvalue weighted by molar-refractivity contribution is 8.00. The van der Waals surface area contributed by atoms with E-state index in [0.29, 0.717) is 23.4 Å². The van der Waals surface area contributed by atoms with Gasteiger partial charge in [0.05, 0.1) is 12.0 Å². The van der Waals surface area contributed by atoms with Crippen molar-refractivity contribution in [1.82, 2.24) is 10.3 Å². The van der Waals surface area contributed by atoms with Gasteiger partial charge in [-0.05, 0) is 40.1 Å². The number of nitrogens with one attached hydrogen (secondary N) is 1. The SMILES string of the molecule is O=C(N/N=C\c1c(O)ccc2ccccc12)c1ccc([C@H]2SCC(=O)N2Cc2ccccc2)cc1. The van der Waals surface area contributed by atoms with Crippen LogP contribution < -0.4 is 5.43 Å². The van der Waals surface area contributed by atoms with Crippen LogP contribution in [-0.2, 0) is 11.3 Å². The van der Waals surface area contributed by atoms with Crippen LogP contribution in [0.25, 0.3) is 10.8 Å². The first-order chi connectivity index (χ1) is 17.1. The van der Waals surface area contributed by atoms with Gasteiger partial charge in [-0.2, -0.15) is 5.10 Å². The molecule has 2 N–H and O–H groups in total. The van der Waals surface area contributed by atoms with E-state index in [4.69, 9.17) is 0 Å². The Morgan fingerprint density at radius 2 is 1.74 bits per heavy atom. The first-order valence-corrected chi connectivity index (χ1v) is 12.2. The third-order valence-electron chi connectivity index (χ3n) is 5.93. The Morgan fingerprint density at radius 1 is 1.00 bits per heavy atom. The number of thioether (sulfide) groups is 1. The number of carbonyl (C=O) groups excluding carboxylic acids is 2. The fourth-order valence-electron chi connectivity index (χ4n) is 4.12. The highest BCUT2D eigenvalue weighted by Gasteiger charge is 2.32. The van der Waals surface area contributed by atoms with Gasteiger partial charge in [-0.15, -0.1) is 11.8 Å². The lowest BCUT2D eigenvalue weighted by atomic mass is 10.0. The standard InChI is InChI=1S/C28H23N3O3S/c32-25-15-14-20-8-4-5-9-23(20)24(25)16-29-30-27(34)21-10-12-22(13-11-21)28-31(26(33)18-35-28)17-19-6-2-1-3-7-19/h1-16,28,32H,17-18H2,(H,30,34)/b29-16-/t28-/m1/s1. The van der Waals surface area contributed by atoms with Crippen LogP contribution in [0.3, 0.4) is 0 Å². The molecule has 174 valence electrons. The summed E-state index contributed by atoms with van der Waals surface area (Å²) in [5.41, 5.74) is 5.58. The molecule has 1 saturated heterocycles. The highest BCUT2D eigenvalue weighted by Crippen LogP contribution is 2.39. The van der Waals surface area contributed by atoms with E-state index in [-0.39, 0.29) is 22.9 Å². The lowest BCUT2D eigenvalue weighted by molar-refractivity contribution is -0.128. The molecule has 1 aliphatic heterocycles. The predicted octanol–water partition coefficient (Wildman–Crippen LogP) is 5.08. The van der Waals surface area contributed by atoms with Crippen LogP contribution in [-0.4, -0.2) is 33.8 Å². The third-order valence-corrected chi connectivity index (χ3v) is 7.19. The summed E-state index contributed by atoms with van der Waals surface area (Å²) in [5, 5.41) is 16.0. The Morgan fingerprint density at radius 3 is 2.54 bits per heavy atom. The molecule has 4 aromatic rings. The van der Waals surface area contributed by atoms with Gasteiger partial charge in [-0.1, -0.05) is 72.8 Å². The molecule has 0 aliphatic carbocycles. The topological polar surface area (TPSA) is 82.0 Å². The van der Waals surface area contributed by atoms with Crippen LogP contribution in [0.1, 0.15) is 32.4 Å². The van der Waals surface area contributed by atoms with Crippen molar-refractivity contribution < 1.29 is 14.7 Å². The zero-order valence-electron chi connectivity index (χ0n) is 18.8. The maximum Gasteiger partial charge on any atom is 0.271 e. The zero-order chi connectivity index (χ0) is 24.2. The Balaban J connectivity index is 1.27. The van der Waals surface area contributed by atoms with E-state index in [2.05, 4.69) is 10.5 Å². The van der Waals surface area contributed by atoms with Gasteiger partial charge < -0.3 is 10.0 Å². The van der Waals surface area contributed by atoms with E-state index in [1.165, 1.54) is 6.21 Å². The van der Waals surface area contributed by atoms with Gasteiger partial charge in [-0.25, -0.2) is 5.43 Å². The normalized spacial score (nSPS) is 15.7. The highest BCUT2D eigenvalue weighted by atomic mass is 32.2. The molecule has 5 rings (SSSR count). The fraction of sp³-hybridized carbons (Fsp3) is 0.107. The second-order valence-electron chi connectivity index (χ2n) is 8.21. The van der Waals surface area contributed by atoms with Crippen molar-refractivity contribution in [3.8, 4) is 5.75 Å². The van der Waals surface area contributed by atoms with Crippen LogP contribution in [0.15, 0.2) is 96.1 Å². The van der Waals surface area contributed by atoms with Crippen molar-refractivity contribution in [1.29, 1.82) is 0 Å². The summed E-state index contributed by atoms with van der Waals surface area (Å²) < 4.78 is 0. The summed E-state index contributed by atoms with van der Waals surface area (Å²) in [6.07, 6.45) is 1.45. The molecule has 0 saturated carbocycles. The van der Waals surface area contributed by atoms with E-state index in [9.17, 15) is 14.7 Å². The first kappa shape index (κ1) is 22.7. The van der Waals surface area contributed by atoms with Crippen molar-refractivity contribution in [2.24, 2.45) is 5.10 Å². The van der Waals surface area contributed by atoms with Crippen molar-refractivity contribution in [2.75, 3.05) is 5.75 Å². The van der Waals surface area contributed by atoms with E-state index >= 15 is 0 Å². The average Bonchev–Trinajstić information content (AvgIpc) is 3.25. The van der Waals surface area contributed by atoms with Gasteiger partial charge in [0, 0.05) is 17.7 Å². The molecule has 0 unspecified atom stereocenters. The van der Waals surface area contributed by atoms with Gasteiger partial charge in [-0.3, -0.25) is 9.59 Å². The van der Waals surface area contributed by atoms with E-state index in [0.717, 1.165) is 21.9 Å². The smallest absolute Gasteiger partial charge is 0.271 e. The minimum atomic E-state index is -0.358. The van der Waals surface area contributed by atoms with Crippen LogP contribution >= 0.6 is 11.8 Å². The van der Waals surface area contributed by atoms with E-state index in [1.807, 2.05) is 77.7 Å². The van der Waals surface area contributed by atoms with Crippen LogP contribution in [0.5, 0.6) is 5.75 Å². The number of phenols is 1. The number of carbonyl (C=O) groups is 2. The Kier molecular flexibility index (Phi) is 6.50. The molecule has 6 nitrogen and oxygen atoms in total. The molecule has 1 atom stereocenters. The van der Waals surface area contributed by atoms with Crippen LogP contribution in [0.4, 0.5) is 0 Å². The number of phenolic OH excluding ortho intramolecular Hbond substituents is 1. The number of hydrogen-bond acceptors (Lipinski definition) is 5. The number of fused-ring (bicyclic) bond motifs is 1. The minimum Gasteiger partial charge on any atom is -0.507 e. The van der Waals surface area contributed by atoms with Gasteiger partial charge in [0.25, 0.3) is 5.91 Å². The quantitative estimate of drug-likeness (QED) is 0.297. The maximum absolute atomic E-state index is 12.6. The van der Waals surface area contributed by atoms with Gasteiger partial charge in [0.2, 0.25) is 5.91 Å². The molecule has 1 fully saturated rings. The molecule has 1 aliphatic rings. The Bertz CT molecular complexity index is 1400. The van der Waals surface area contributed by atoms with Gasteiger partial charge in [0.15, 0.2) is 0 Å². The molecule has 0 radical (unpaired) electrons.